The molecule has 0 aliphatic carbocycles. The number of rotatable bonds is 14. The molecule has 0 aromatic rings. The molecule has 0 rings (SSSR count). The van der Waals surface area contributed by atoms with Gasteiger partial charge in [-0.25, -0.2) is 0 Å². The third kappa shape index (κ3) is 12.1. The van der Waals surface area contributed by atoms with E-state index in [4.69, 9.17) is 4.74 Å². The molecule has 0 fully saturated rings. The molecule has 1 atom stereocenters. The van der Waals surface area contributed by atoms with Crippen molar-refractivity contribution in [3.05, 3.63) is 12.7 Å². The number of hydrogen-bond acceptors (Lipinski definition) is 2. The molecule has 2 nitrogen and oxygen atoms in total. The maximum atomic E-state index is 5.58. The summed E-state index contributed by atoms with van der Waals surface area (Å²) in [5.41, 5.74) is 0. The summed E-state index contributed by atoms with van der Waals surface area (Å²) in [7, 11) is 0. The highest BCUT2D eigenvalue weighted by Crippen LogP contribution is 2.09. The second-order valence-corrected chi connectivity index (χ2v) is 4.98. The topological polar surface area (TPSA) is 21.3 Å². The van der Waals surface area contributed by atoms with Crippen molar-refractivity contribution in [2.45, 2.75) is 71.3 Å². The number of allylic oxidation sites excluding steroid dienone is 1. The van der Waals surface area contributed by atoms with Crippen LogP contribution in [0.25, 0.3) is 0 Å². The molecule has 2 heteroatoms. The highest BCUT2D eigenvalue weighted by atomic mass is 16.5. The van der Waals surface area contributed by atoms with E-state index in [2.05, 4.69) is 25.7 Å². The number of unbranched alkanes of at least 4 members (excludes halogenated alkanes) is 3. The second kappa shape index (κ2) is 14.7. The first-order valence-corrected chi connectivity index (χ1v) is 7.77. The van der Waals surface area contributed by atoms with E-state index in [1.54, 1.807) is 0 Å². The van der Waals surface area contributed by atoms with Crippen LogP contribution in [-0.4, -0.2) is 25.8 Å². The minimum absolute atomic E-state index is 0.644. The van der Waals surface area contributed by atoms with E-state index in [0.717, 1.165) is 39.0 Å². The third-order valence-corrected chi connectivity index (χ3v) is 3.10. The predicted molar refractivity (Wildman–Crippen MR) is 81.1 cm³/mol. The van der Waals surface area contributed by atoms with Crippen LogP contribution in [0.4, 0.5) is 0 Å². The van der Waals surface area contributed by atoms with Gasteiger partial charge in [0.1, 0.15) is 0 Å². The molecule has 0 saturated heterocycles. The molecule has 0 saturated carbocycles. The molecule has 0 aliphatic heterocycles. The van der Waals surface area contributed by atoms with Crippen molar-refractivity contribution in [3.63, 3.8) is 0 Å². The van der Waals surface area contributed by atoms with Crippen molar-refractivity contribution in [2.24, 2.45) is 0 Å². The van der Waals surface area contributed by atoms with Gasteiger partial charge < -0.3 is 10.1 Å². The maximum absolute atomic E-state index is 5.58. The largest absolute Gasteiger partial charge is 0.381 e. The van der Waals surface area contributed by atoms with Crippen LogP contribution in [0.5, 0.6) is 0 Å². The van der Waals surface area contributed by atoms with Crippen LogP contribution in [0.2, 0.25) is 0 Å². The van der Waals surface area contributed by atoms with E-state index in [1.807, 2.05) is 6.08 Å². The van der Waals surface area contributed by atoms with Crippen molar-refractivity contribution in [1.29, 1.82) is 0 Å². The van der Waals surface area contributed by atoms with Crippen molar-refractivity contribution < 1.29 is 4.74 Å². The maximum Gasteiger partial charge on any atom is 0.0480 e. The van der Waals surface area contributed by atoms with Gasteiger partial charge in [0.2, 0.25) is 0 Å². The molecule has 0 radical (unpaired) electrons. The van der Waals surface area contributed by atoms with Crippen molar-refractivity contribution in [3.8, 4) is 0 Å². The molecule has 0 aromatic carbocycles. The molecule has 0 spiro atoms. The van der Waals surface area contributed by atoms with Crippen molar-refractivity contribution in [2.75, 3.05) is 19.8 Å². The molecule has 0 bridgehead atoms. The summed E-state index contributed by atoms with van der Waals surface area (Å²) >= 11 is 0. The normalized spacial score (nSPS) is 12.6. The van der Waals surface area contributed by atoms with Gasteiger partial charge in [0.15, 0.2) is 0 Å². The Bertz CT molecular complexity index is 170. The Kier molecular flexibility index (Phi) is 14.4. The smallest absolute Gasteiger partial charge is 0.0480 e. The lowest BCUT2D eigenvalue weighted by atomic mass is 10.0. The van der Waals surface area contributed by atoms with Crippen LogP contribution < -0.4 is 5.32 Å². The average molecular weight is 255 g/mol. The van der Waals surface area contributed by atoms with Crippen LogP contribution in [0.1, 0.15) is 65.2 Å². The van der Waals surface area contributed by atoms with Crippen LogP contribution in [0.15, 0.2) is 12.7 Å². The number of nitrogens with one attached hydrogen (secondary N) is 1. The van der Waals surface area contributed by atoms with E-state index < -0.39 is 0 Å². The van der Waals surface area contributed by atoms with Gasteiger partial charge >= 0.3 is 0 Å². The number of hydrogen-bond donors (Lipinski definition) is 1. The van der Waals surface area contributed by atoms with Crippen LogP contribution >= 0.6 is 0 Å². The summed E-state index contributed by atoms with van der Waals surface area (Å²) in [5.74, 6) is 0. The third-order valence-electron chi connectivity index (χ3n) is 3.10. The minimum Gasteiger partial charge on any atom is -0.381 e. The Labute approximate surface area is 114 Å². The SMILES string of the molecule is C=CCCCCCC(CCOCCC)NCCC. The lowest BCUT2D eigenvalue weighted by Crippen LogP contribution is -2.31. The van der Waals surface area contributed by atoms with Crippen LogP contribution in [0, 0.1) is 0 Å². The molecule has 0 aliphatic rings. The summed E-state index contributed by atoms with van der Waals surface area (Å²) in [6.07, 6.45) is 11.9. The summed E-state index contributed by atoms with van der Waals surface area (Å²) in [5, 5.41) is 3.64. The first-order chi connectivity index (χ1) is 8.85. The Morgan fingerprint density at radius 2 is 1.89 bits per heavy atom. The molecule has 0 aromatic heterocycles. The zero-order chi connectivity index (χ0) is 13.5. The lowest BCUT2D eigenvalue weighted by Gasteiger charge is -2.18. The molecule has 18 heavy (non-hydrogen) atoms. The van der Waals surface area contributed by atoms with E-state index in [0.29, 0.717) is 6.04 Å². The first-order valence-electron chi connectivity index (χ1n) is 7.77. The average Bonchev–Trinajstić information content (AvgIpc) is 2.39. The fourth-order valence-electron chi connectivity index (χ4n) is 2.03. The molecule has 0 heterocycles. The number of ether oxygens (including phenoxy) is 1. The minimum atomic E-state index is 0.644. The van der Waals surface area contributed by atoms with E-state index in [9.17, 15) is 0 Å². The fourth-order valence-corrected chi connectivity index (χ4v) is 2.03. The summed E-state index contributed by atoms with van der Waals surface area (Å²) < 4.78 is 5.58. The lowest BCUT2D eigenvalue weighted by molar-refractivity contribution is 0.123. The Morgan fingerprint density at radius 3 is 2.56 bits per heavy atom. The Balaban J connectivity index is 3.59. The van der Waals surface area contributed by atoms with E-state index in [1.165, 1.54) is 32.1 Å². The van der Waals surface area contributed by atoms with Gasteiger partial charge in [-0.05, 0) is 45.1 Å². The zero-order valence-corrected chi connectivity index (χ0v) is 12.5. The summed E-state index contributed by atoms with van der Waals surface area (Å²) in [6.45, 7) is 11.1. The molecular formula is C16H33NO. The Hall–Kier alpha value is -0.340. The fraction of sp³-hybridized carbons (Fsp3) is 0.875. The van der Waals surface area contributed by atoms with Crippen molar-refractivity contribution in [1.82, 2.24) is 5.32 Å². The first kappa shape index (κ1) is 17.7. The highest BCUT2D eigenvalue weighted by molar-refractivity contribution is 4.69. The van der Waals surface area contributed by atoms with Crippen molar-refractivity contribution >= 4 is 0 Å². The van der Waals surface area contributed by atoms with Gasteiger partial charge in [-0.2, -0.15) is 0 Å². The summed E-state index contributed by atoms with van der Waals surface area (Å²) in [6, 6.07) is 0.644. The standard InChI is InChI=1S/C16H33NO/c1-4-7-8-9-10-11-16(17-13-5-2)12-15-18-14-6-3/h4,16-17H,1,5-15H2,2-3H3. The zero-order valence-electron chi connectivity index (χ0n) is 12.5. The van der Waals surface area contributed by atoms with Gasteiger partial charge in [-0.3, -0.25) is 0 Å². The van der Waals surface area contributed by atoms with Crippen LogP contribution in [0.3, 0.4) is 0 Å². The molecule has 108 valence electrons. The predicted octanol–water partition coefficient (Wildman–Crippen LogP) is 4.31. The van der Waals surface area contributed by atoms with Gasteiger partial charge in [0.25, 0.3) is 0 Å². The van der Waals surface area contributed by atoms with Gasteiger partial charge in [0.05, 0.1) is 0 Å². The molecule has 1 N–H and O–H groups in total. The molecular weight excluding hydrogens is 222 g/mol. The van der Waals surface area contributed by atoms with Gasteiger partial charge in [0, 0.05) is 19.3 Å². The van der Waals surface area contributed by atoms with E-state index in [-0.39, 0.29) is 0 Å². The second-order valence-electron chi connectivity index (χ2n) is 4.98. The Morgan fingerprint density at radius 1 is 1.06 bits per heavy atom. The molecule has 0 amide bonds. The van der Waals surface area contributed by atoms with Gasteiger partial charge in [-0.1, -0.05) is 32.8 Å². The van der Waals surface area contributed by atoms with Gasteiger partial charge in [-0.15, -0.1) is 6.58 Å². The monoisotopic (exact) mass is 255 g/mol. The van der Waals surface area contributed by atoms with Crippen LogP contribution in [-0.2, 0) is 4.74 Å². The molecule has 1 unspecified atom stereocenters. The van der Waals surface area contributed by atoms with E-state index >= 15 is 0 Å². The highest BCUT2D eigenvalue weighted by Gasteiger charge is 2.07. The summed E-state index contributed by atoms with van der Waals surface area (Å²) in [4.78, 5) is 0. The quantitative estimate of drug-likeness (QED) is 0.369.